The molecular formula is C11H22N2O5S. The van der Waals surface area contributed by atoms with Crippen molar-refractivity contribution >= 4 is 21.7 Å². The van der Waals surface area contributed by atoms with E-state index in [1.807, 2.05) is 6.92 Å². The lowest BCUT2D eigenvalue weighted by atomic mass is 10.0. The Balaban J connectivity index is 4.18. The average molecular weight is 294 g/mol. The number of carbonyl (C=O) groups excluding carboxylic acids is 1. The van der Waals surface area contributed by atoms with E-state index in [9.17, 15) is 18.0 Å². The molecule has 0 aromatic rings. The van der Waals surface area contributed by atoms with E-state index >= 15 is 0 Å². The van der Waals surface area contributed by atoms with Crippen molar-refractivity contribution in [1.29, 1.82) is 0 Å². The molecule has 0 aromatic heterocycles. The number of carboxylic acid groups (broad SMARTS) is 1. The standard InChI is InChI=1S/C11H22N2O5S/c1-3-4-8(11(15)16)7-13-10(14)9(12)5-6-19(2,17)18/h8-9H,3-7,12H2,1-2H3,(H,13,14)(H,15,16). The van der Waals surface area contributed by atoms with Gasteiger partial charge in [-0.3, -0.25) is 9.59 Å². The predicted octanol–water partition coefficient (Wildman–Crippen LogP) is -0.634. The first-order valence-corrected chi connectivity index (χ1v) is 8.17. The largest absolute Gasteiger partial charge is 0.481 e. The van der Waals surface area contributed by atoms with Crippen LogP contribution >= 0.6 is 0 Å². The Bertz CT molecular complexity index is 407. The zero-order chi connectivity index (χ0) is 15.1. The van der Waals surface area contributed by atoms with Crippen molar-refractivity contribution in [3.05, 3.63) is 0 Å². The zero-order valence-corrected chi connectivity index (χ0v) is 12.1. The van der Waals surface area contributed by atoms with Crippen LogP contribution in [0.3, 0.4) is 0 Å². The highest BCUT2D eigenvalue weighted by molar-refractivity contribution is 7.90. The second-order valence-electron chi connectivity index (χ2n) is 4.59. The van der Waals surface area contributed by atoms with Gasteiger partial charge in [0, 0.05) is 12.8 Å². The van der Waals surface area contributed by atoms with Crippen LogP contribution in [0.4, 0.5) is 0 Å². The molecular weight excluding hydrogens is 272 g/mol. The average Bonchev–Trinajstić information content (AvgIpc) is 2.29. The van der Waals surface area contributed by atoms with Gasteiger partial charge < -0.3 is 16.2 Å². The van der Waals surface area contributed by atoms with E-state index in [1.165, 1.54) is 0 Å². The number of hydrogen-bond donors (Lipinski definition) is 3. The molecule has 0 aliphatic carbocycles. The first kappa shape index (κ1) is 17.8. The Kier molecular flexibility index (Phi) is 7.62. The Morgan fingerprint density at radius 2 is 1.89 bits per heavy atom. The molecule has 0 bridgehead atoms. The van der Waals surface area contributed by atoms with Gasteiger partial charge in [0.25, 0.3) is 0 Å². The minimum Gasteiger partial charge on any atom is -0.481 e. The number of rotatable bonds is 9. The third-order valence-corrected chi connectivity index (χ3v) is 3.62. The third kappa shape index (κ3) is 8.55. The van der Waals surface area contributed by atoms with Crippen LogP contribution in [0.5, 0.6) is 0 Å². The SMILES string of the molecule is CCCC(CNC(=O)C(N)CCS(C)(=O)=O)C(=O)O. The lowest BCUT2D eigenvalue weighted by Gasteiger charge is -2.15. The maximum Gasteiger partial charge on any atom is 0.308 e. The molecule has 0 aromatic carbocycles. The van der Waals surface area contributed by atoms with Crippen LogP contribution in [-0.4, -0.2) is 50.0 Å². The maximum absolute atomic E-state index is 11.6. The fourth-order valence-electron chi connectivity index (χ4n) is 1.49. The van der Waals surface area contributed by atoms with Gasteiger partial charge in [0.05, 0.1) is 17.7 Å². The molecule has 19 heavy (non-hydrogen) atoms. The zero-order valence-electron chi connectivity index (χ0n) is 11.3. The molecule has 0 aliphatic rings. The van der Waals surface area contributed by atoms with Gasteiger partial charge in [0.1, 0.15) is 9.84 Å². The van der Waals surface area contributed by atoms with Crippen LogP contribution < -0.4 is 11.1 Å². The molecule has 2 atom stereocenters. The molecule has 0 rings (SSSR count). The van der Waals surface area contributed by atoms with Crippen molar-refractivity contribution in [2.75, 3.05) is 18.6 Å². The molecule has 0 radical (unpaired) electrons. The number of carboxylic acids is 1. The number of nitrogens with one attached hydrogen (secondary N) is 1. The van der Waals surface area contributed by atoms with Crippen LogP contribution in [0.2, 0.25) is 0 Å². The Morgan fingerprint density at radius 3 is 2.32 bits per heavy atom. The second kappa shape index (κ2) is 8.11. The van der Waals surface area contributed by atoms with Gasteiger partial charge in [-0.25, -0.2) is 8.42 Å². The van der Waals surface area contributed by atoms with E-state index < -0.39 is 33.7 Å². The maximum atomic E-state index is 11.6. The van der Waals surface area contributed by atoms with Crippen molar-refractivity contribution < 1.29 is 23.1 Å². The highest BCUT2D eigenvalue weighted by atomic mass is 32.2. The third-order valence-electron chi connectivity index (χ3n) is 2.65. The van der Waals surface area contributed by atoms with Crippen LogP contribution in [0.1, 0.15) is 26.2 Å². The van der Waals surface area contributed by atoms with Gasteiger partial charge >= 0.3 is 5.97 Å². The van der Waals surface area contributed by atoms with E-state index in [1.54, 1.807) is 0 Å². The summed E-state index contributed by atoms with van der Waals surface area (Å²) < 4.78 is 21.9. The molecule has 7 nitrogen and oxygen atoms in total. The van der Waals surface area contributed by atoms with E-state index in [0.29, 0.717) is 12.8 Å². The molecule has 8 heteroatoms. The fraction of sp³-hybridized carbons (Fsp3) is 0.818. The molecule has 112 valence electrons. The molecule has 0 saturated carbocycles. The lowest BCUT2D eigenvalue weighted by molar-refractivity contribution is -0.142. The van der Waals surface area contributed by atoms with Gasteiger partial charge in [-0.2, -0.15) is 0 Å². The quantitative estimate of drug-likeness (QED) is 0.519. The second-order valence-corrected chi connectivity index (χ2v) is 6.85. The molecule has 0 fully saturated rings. The lowest BCUT2D eigenvalue weighted by Crippen LogP contribution is -2.44. The monoisotopic (exact) mass is 294 g/mol. The Morgan fingerprint density at radius 1 is 1.32 bits per heavy atom. The summed E-state index contributed by atoms with van der Waals surface area (Å²) in [6, 6.07) is -0.939. The topological polar surface area (TPSA) is 127 Å². The summed E-state index contributed by atoms with van der Waals surface area (Å²) in [5.74, 6) is -2.30. The summed E-state index contributed by atoms with van der Waals surface area (Å²) >= 11 is 0. The molecule has 1 amide bonds. The Hall–Kier alpha value is -1.15. The van der Waals surface area contributed by atoms with E-state index in [2.05, 4.69) is 5.32 Å². The van der Waals surface area contributed by atoms with Crippen LogP contribution in [0, 0.1) is 5.92 Å². The summed E-state index contributed by atoms with van der Waals surface area (Å²) in [7, 11) is -3.16. The van der Waals surface area contributed by atoms with Gasteiger partial charge in [0.2, 0.25) is 5.91 Å². The number of nitrogens with two attached hydrogens (primary N) is 1. The van der Waals surface area contributed by atoms with E-state index in [-0.39, 0.29) is 18.7 Å². The summed E-state index contributed by atoms with van der Waals surface area (Å²) in [6.45, 7) is 1.87. The number of hydrogen-bond acceptors (Lipinski definition) is 5. The van der Waals surface area contributed by atoms with Crippen LogP contribution in [-0.2, 0) is 19.4 Å². The highest BCUT2D eigenvalue weighted by Gasteiger charge is 2.20. The normalized spacial score (nSPS) is 14.7. The number of aliphatic carboxylic acids is 1. The number of amides is 1. The van der Waals surface area contributed by atoms with Crippen LogP contribution in [0.25, 0.3) is 0 Å². The predicted molar refractivity (Wildman–Crippen MR) is 71.3 cm³/mol. The van der Waals surface area contributed by atoms with Gasteiger partial charge in [-0.05, 0) is 12.8 Å². The highest BCUT2D eigenvalue weighted by Crippen LogP contribution is 2.05. The van der Waals surface area contributed by atoms with E-state index in [4.69, 9.17) is 10.8 Å². The number of sulfone groups is 1. The molecule has 0 aliphatic heterocycles. The Labute approximate surface area is 113 Å². The van der Waals surface area contributed by atoms with Crippen molar-refractivity contribution in [3.8, 4) is 0 Å². The van der Waals surface area contributed by atoms with Crippen molar-refractivity contribution in [1.82, 2.24) is 5.32 Å². The van der Waals surface area contributed by atoms with Gasteiger partial charge in [-0.15, -0.1) is 0 Å². The minimum atomic E-state index is -3.16. The fourth-order valence-corrected chi connectivity index (χ4v) is 2.17. The summed E-state index contributed by atoms with van der Waals surface area (Å²) in [5, 5.41) is 11.3. The summed E-state index contributed by atoms with van der Waals surface area (Å²) in [6.07, 6.45) is 2.26. The molecule has 0 saturated heterocycles. The molecule has 0 heterocycles. The van der Waals surface area contributed by atoms with Gasteiger partial charge in [-0.1, -0.05) is 13.3 Å². The molecule has 2 unspecified atom stereocenters. The molecule has 0 spiro atoms. The summed E-state index contributed by atoms with van der Waals surface area (Å²) in [4.78, 5) is 22.4. The first-order chi connectivity index (χ1) is 8.67. The number of carbonyl (C=O) groups is 2. The van der Waals surface area contributed by atoms with Crippen molar-refractivity contribution in [2.45, 2.75) is 32.2 Å². The minimum absolute atomic E-state index is 0.00851. The van der Waals surface area contributed by atoms with E-state index in [0.717, 1.165) is 6.26 Å². The first-order valence-electron chi connectivity index (χ1n) is 6.11. The van der Waals surface area contributed by atoms with Gasteiger partial charge in [0.15, 0.2) is 0 Å². The molecule has 4 N–H and O–H groups in total. The van der Waals surface area contributed by atoms with Crippen molar-refractivity contribution in [3.63, 3.8) is 0 Å². The summed E-state index contributed by atoms with van der Waals surface area (Å²) in [5.41, 5.74) is 5.54. The smallest absolute Gasteiger partial charge is 0.308 e. The van der Waals surface area contributed by atoms with Crippen molar-refractivity contribution in [2.24, 2.45) is 11.7 Å². The van der Waals surface area contributed by atoms with Crippen LogP contribution in [0.15, 0.2) is 0 Å².